The summed E-state index contributed by atoms with van der Waals surface area (Å²) >= 11 is 5.51. The van der Waals surface area contributed by atoms with Crippen LogP contribution in [0, 0.1) is 17.1 Å². The normalized spacial score (nSPS) is 11.6. The molecule has 0 aliphatic heterocycles. The van der Waals surface area contributed by atoms with Crippen molar-refractivity contribution in [1.29, 1.82) is 5.26 Å². The first-order valence-electron chi connectivity index (χ1n) is 7.47. The van der Waals surface area contributed by atoms with Gasteiger partial charge in [-0.25, -0.2) is 4.39 Å². The SMILES string of the molecule is N#C/C(=C/NCc1ccc(F)cc1)C(=O)Nc1ccc(Cl)c(C(F)(F)F)c1. The Balaban J connectivity index is 2.06. The number of carbonyl (C=O) groups excluding carboxylic acids is 1. The molecule has 0 radical (unpaired) electrons. The van der Waals surface area contributed by atoms with Gasteiger partial charge in [-0.15, -0.1) is 0 Å². The van der Waals surface area contributed by atoms with Gasteiger partial charge >= 0.3 is 6.18 Å². The minimum atomic E-state index is -4.68. The molecule has 0 aliphatic rings. The first-order valence-corrected chi connectivity index (χ1v) is 7.84. The van der Waals surface area contributed by atoms with E-state index in [1.807, 2.05) is 0 Å². The van der Waals surface area contributed by atoms with Crippen LogP contribution in [0.15, 0.2) is 54.2 Å². The van der Waals surface area contributed by atoms with E-state index < -0.39 is 28.5 Å². The van der Waals surface area contributed by atoms with E-state index >= 15 is 0 Å². The van der Waals surface area contributed by atoms with Crippen LogP contribution in [0.1, 0.15) is 11.1 Å². The second kappa shape index (κ2) is 8.56. The molecule has 2 aromatic carbocycles. The monoisotopic (exact) mass is 397 g/mol. The lowest BCUT2D eigenvalue weighted by atomic mass is 10.2. The number of anilines is 1. The highest BCUT2D eigenvalue weighted by Gasteiger charge is 2.33. The molecule has 27 heavy (non-hydrogen) atoms. The minimum Gasteiger partial charge on any atom is -0.386 e. The van der Waals surface area contributed by atoms with Gasteiger partial charge in [0.1, 0.15) is 17.5 Å². The number of nitriles is 1. The Kier molecular flexibility index (Phi) is 6.42. The van der Waals surface area contributed by atoms with Gasteiger partial charge in [0.15, 0.2) is 0 Å². The van der Waals surface area contributed by atoms with E-state index in [4.69, 9.17) is 16.9 Å². The molecule has 1 amide bonds. The van der Waals surface area contributed by atoms with Crippen LogP contribution in [0.4, 0.5) is 23.2 Å². The maximum atomic E-state index is 12.8. The summed E-state index contributed by atoms with van der Waals surface area (Å²) in [6.07, 6.45) is -3.55. The molecule has 0 saturated heterocycles. The van der Waals surface area contributed by atoms with Gasteiger partial charge in [-0.3, -0.25) is 4.79 Å². The van der Waals surface area contributed by atoms with Crippen molar-refractivity contribution in [3.05, 3.63) is 76.2 Å². The van der Waals surface area contributed by atoms with E-state index in [0.29, 0.717) is 11.6 Å². The van der Waals surface area contributed by atoms with E-state index in [-0.39, 0.29) is 17.8 Å². The van der Waals surface area contributed by atoms with Crippen LogP contribution >= 0.6 is 11.6 Å². The molecule has 0 heterocycles. The molecule has 9 heteroatoms. The number of carbonyl (C=O) groups is 1. The smallest absolute Gasteiger partial charge is 0.386 e. The lowest BCUT2D eigenvalue weighted by molar-refractivity contribution is -0.137. The van der Waals surface area contributed by atoms with Gasteiger partial charge in [0, 0.05) is 18.4 Å². The summed E-state index contributed by atoms with van der Waals surface area (Å²) in [5, 5.41) is 13.5. The highest BCUT2D eigenvalue weighted by molar-refractivity contribution is 6.31. The van der Waals surface area contributed by atoms with Crippen LogP contribution in [0.5, 0.6) is 0 Å². The third-order valence-electron chi connectivity index (χ3n) is 3.36. The number of rotatable bonds is 5. The molecule has 0 atom stereocenters. The summed E-state index contributed by atoms with van der Waals surface area (Å²) in [4.78, 5) is 12.1. The van der Waals surface area contributed by atoms with Crippen LogP contribution in [0.25, 0.3) is 0 Å². The Morgan fingerprint density at radius 1 is 1.19 bits per heavy atom. The summed E-state index contributed by atoms with van der Waals surface area (Å²) in [5.74, 6) is -1.29. The van der Waals surface area contributed by atoms with Crippen molar-refractivity contribution in [3.8, 4) is 6.07 Å². The summed E-state index contributed by atoms with van der Waals surface area (Å²) in [5.41, 5.74) is -0.895. The van der Waals surface area contributed by atoms with Crippen molar-refractivity contribution < 1.29 is 22.4 Å². The standard InChI is InChI=1S/C18H12ClF4N3O/c19-16-6-5-14(7-15(16)18(21,22)23)26-17(27)12(8-24)10-25-9-11-1-3-13(20)4-2-11/h1-7,10,25H,9H2,(H,26,27)/b12-10-. The molecule has 2 rings (SSSR count). The zero-order chi connectivity index (χ0) is 20.0. The number of alkyl halides is 3. The molecule has 0 fully saturated rings. The third-order valence-corrected chi connectivity index (χ3v) is 3.69. The molecule has 0 aliphatic carbocycles. The van der Waals surface area contributed by atoms with Gasteiger partial charge in [0.25, 0.3) is 5.91 Å². The van der Waals surface area contributed by atoms with E-state index in [1.165, 1.54) is 30.3 Å². The van der Waals surface area contributed by atoms with Crippen molar-refractivity contribution >= 4 is 23.2 Å². The first kappa shape index (κ1) is 20.3. The lowest BCUT2D eigenvalue weighted by Gasteiger charge is -2.11. The molecule has 0 spiro atoms. The Morgan fingerprint density at radius 2 is 1.85 bits per heavy atom. The number of amides is 1. The molecule has 140 valence electrons. The number of nitrogens with zero attached hydrogens (tertiary/aromatic N) is 1. The van der Waals surface area contributed by atoms with Crippen LogP contribution in [-0.4, -0.2) is 5.91 Å². The van der Waals surface area contributed by atoms with Crippen LogP contribution < -0.4 is 10.6 Å². The summed E-state index contributed by atoms with van der Waals surface area (Å²) in [7, 11) is 0. The second-order valence-electron chi connectivity index (χ2n) is 5.32. The number of halogens is 5. The van der Waals surface area contributed by atoms with E-state index in [2.05, 4.69) is 10.6 Å². The van der Waals surface area contributed by atoms with Crippen LogP contribution in [-0.2, 0) is 17.5 Å². The predicted molar refractivity (Wildman–Crippen MR) is 92.0 cm³/mol. The average Bonchev–Trinajstić information content (AvgIpc) is 2.61. The van der Waals surface area contributed by atoms with E-state index in [9.17, 15) is 22.4 Å². The van der Waals surface area contributed by atoms with E-state index in [0.717, 1.165) is 12.3 Å². The quantitative estimate of drug-likeness (QED) is 0.439. The van der Waals surface area contributed by atoms with Crippen molar-refractivity contribution in [2.24, 2.45) is 0 Å². The molecule has 0 bridgehead atoms. The highest BCUT2D eigenvalue weighted by atomic mass is 35.5. The second-order valence-corrected chi connectivity index (χ2v) is 5.73. The van der Waals surface area contributed by atoms with Gasteiger partial charge in [-0.2, -0.15) is 18.4 Å². The molecule has 2 aromatic rings. The molecular weight excluding hydrogens is 386 g/mol. The molecule has 4 nitrogen and oxygen atoms in total. The highest BCUT2D eigenvalue weighted by Crippen LogP contribution is 2.36. The van der Waals surface area contributed by atoms with Gasteiger partial charge in [-0.1, -0.05) is 23.7 Å². The number of hydrogen-bond acceptors (Lipinski definition) is 3. The fraction of sp³-hybridized carbons (Fsp3) is 0.111. The Hall–Kier alpha value is -3.05. The average molecular weight is 398 g/mol. The van der Waals surface area contributed by atoms with E-state index in [1.54, 1.807) is 6.07 Å². The zero-order valence-corrected chi connectivity index (χ0v) is 14.3. The summed E-state index contributed by atoms with van der Waals surface area (Å²) in [6, 6.07) is 10.1. The largest absolute Gasteiger partial charge is 0.417 e. The summed E-state index contributed by atoms with van der Waals surface area (Å²) < 4.78 is 51.4. The topological polar surface area (TPSA) is 64.9 Å². The molecule has 0 saturated carbocycles. The zero-order valence-electron chi connectivity index (χ0n) is 13.6. The fourth-order valence-corrected chi connectivity index (χ4v) is 2.27. The molecule has 0 unspecified atom stereocenters. The number of nitrogens with one attached hydrogen (secondary N) is 2. The fourth-order valence-electron chi connectivity index (χ4n) is 2.04. The third kappa shape index (κ3) is 5.72. The van der Waals surface area contributed by atoms with Gasteiger partial charge < -0.3 is 10.6 Å². The lowest BCUT2D eigenvalue weighted by Crippen LogP contribution is -2.17. The van der Waals surface area contributed by atoms with Crippen molar-refractivity contribution in [1.82, 2.24) is 5.32 Å². The van der Waals surface area contributed by atoms with Crippen molar-refractivity contribution in [2.45, 2.75) is 12.7 Å². The first-order chi connectivity index (χ1) is 12.7. The Labute approximate surface area is 157 Å². The Bertz CT molecular complexity index is 902. The van der Waals surface area contributed by atoms with Crippen molar-refractivity contribution in [2.75, 3.05) is 5.32 Å². The minimum absolute atomic E-state index is 0.156. The van der Waals surface area contributed by atoms with Crippen molar-refractivity contribution in [3.63, 3.8) is 0 Å². The predicted octanol–water partition coefficient (Wildman–Crippen LogP) is 4.63. The van der Waals surface area contributed by atoms with Gasteiger partial charge in [0.2, 0.25) is 0 Å². The maximum absolute atomic E-state index is 12.8. The molecule has 0 aromatic heterocycles. The molecular formula is C18H12ClF4N3O. The molecule has 2 N–H and O–H groups in total. The maximum Gasteiger partial charge on any atom is 0.417 e. The Morgan fingerprint density at radius 3 is 2.44 bits per heavy atom. The van der Waals surface area contributed by atoms with Crippen LogP contribution in [0.2, 0.25) is 5.02 Å². The van der Waals surface area contributed by atoms with Crippen LogP contribution in [0.3, 0.4) is 0 Å². The number of hydrogen-bond donors (Lipinski definition) is 2. The van der Waals surface area contributed by atoms with Gasteiger partial charge in [-0.05, 0) is 35.9 Å². The van der Waals surface area contributed by atoms with Gasteiger partial charge in [0.05, 0.1) is 10.6 Å². The number of benzene rings is 2. The summed E-state index contributed by atoms with van der Waals surface area (Å²) in [6.45, 7) is 0.220.